The lowest BCUT2D eigenvalue weighted by molar-refractivity contribution is -0.131. The Kier molecular flexibility index (Phi) is 4.38. The maximum Gasteiger partial charge on any atom is 0.248 e. The second-order valence-electron chi connectivity index (χ2n) is 7.62. The van der Waals surface area contributed by atoms with E-state index in [0.29, 0.717) is 12.8 Å². The van der Waals surface area contributed by atoms with E-state index in [1.807, 2.05) is 0 Å². The lowest BCUT2D eigenvalue weighted by Crippen LogP contribution is -2.57. The standard InChI is InChI=1S/C19H16ClFN4O3S/c20-15-7-13(21)1-2-16(15)29(27,28)14-8-19(12(9-22)3-6-25(19)10-14)17(26)24-18(11-23)4-5-18/h1-3,6-7,12,14H,4-5,8,10H2,(H,24,26)/t12?,14-,19+/m1/s1. The topological polar surface area (TPSA) is 114 Å². The van der Waals surface area contributed by atoms with E-state index in [1.165, 1.54) is 0 Å². The summed E-state index contributed by atoms with van der Waals surface area (Å²) in [5.41, 5.74) is -2.36. The first-order valence-electron chi connectivity index (χ1n) is 8.96. The van der Waals surface area contributed by atoms with E-state index >= 15 is 0 Å². The lowest BCUT2D eigenvalue weighted by Gasteiger charge is -2.34. The van der Waals surface area contributed by atoms with Crippen LogP contribution in [-0.2, 0) is 14.6 Å². The van der Waals surface area contributed by atoms with E-state index in [0.717, 1.165) is 18.2 Å². The van der Waals surface area contributed by atoms with Gasteiger partial charge in [0.05, 0.1) is 33.2 Å². The molecule has 3 atom stereocenters. The average molecular weight is 435 g/mol. The van der Waals surface area contributed by atoms with Crippen LogP contribution in [-0.4, -0.2) is 42.1 Å². The van der Waals surface area contributed by atoms with Crippen LogP contribution in [0.4, 0.5) is 4.39 Å². The van der Waals surface area contributed by atoms with Crippen molar-refractivity contribution in [2.24, 2.45) is 5.92 Å². The normalized spacial score (nSPS) is 29.0. The van der Waals surface area contributed by atoms with Gasteiger partial charge in [0.15, 0.2) is 9.84 Å². The van der Waals surface area contributed by atoms with Crippen LogP contribution in [0.5, 0.6) is 0 Å². The number of hydrogen-bond donors (Lipinski definition) is 1. The highest BCUT2D eigenvalue weighted by Crippen LogP contribution is 2.46. The van der Waals surface area contributed by atoms with Crippen LogP contribution < -0.4 is 5.32 Å². The van der Waals surface area contributed by atoms with Gasteiger partial charge in [0.2, 0.25) is 5.91 Å². The zero-order valence-corrected chi connectivity index (χ0v) is 16.7. The number of nitrogens with one attached hydrogen (secondary N) is 1. The van der Waals surface area contributed by atoms with E-state index < -0.39 is 43.8 Å². The minimum Gasteiger partial charge on any atom is -0.361 e. The number of amides is 1. The molecule has 3 aliphatic rings. The molecule has 0 spiro atoms. The van der Waals surface area contributed by atoms with Crippen molar-refractivity contribution in [2.45, 2.75) is 40.5 Å². The van der Waals surface area contributed by atoms with Gasteiger partial charge in [0.25, 0.3) is 0 Å². The number of hydrogen-bond acceptors (Lipinski definition) is 6. The fraction of sp³-hybridized carbons (Fsp3) is 0.421. The zero-order chi connectivity index (χ0) is 21.0. The summed E-state index contributed by atoms with van der Waals surface area (Å²) in [7, 11) is -3.99. The third kappa shape index (κ3) is 2.88. The highest BCUT2D eigenvalue weighted by atomic mass is 35.5. The van der Waals surface area contributed by atoms with Crippen LogP contribution >= 0.6 is 11.6 Å². The van der Waals surface area contributed by atoms with E-state index in [9.17, 15) is 28.1 Å². The lowest BCUT2D eigenvalue weighted by atomic mass is 9.83. The molecule has 1 unspecified atom stereocenters. The van der Waals surface area contributed by atoms with Gasteiger partial charge >= 0.3 is 0 Å². The number of rotatable bonds is 4. The van der Waals surface area contributed by atoms with Crippen molar-refractivity contribution in [3.05, 3.63) is 41.3 Å². The summed E-state index contributed by atoms with van der Waals surface area (Å²) < 4.78 is 39.7. The molecule has 1 aliphatic carbocycles. The number of carbonyl (C=O) groups is 1. The third-order valence-corrected chi connectivity index (χ3v) is 8.50. The van der Waals surface area contributed by atoms with E-state index in [-0.39, 0.29) is 22.9 Å². The zero-order valence-electron chi connectivity index (χ0n) is 15.1. The quantitative estimate of drug-likeness (QED) is 0.724. The predicted molar refractivity (Wildman–Crippen MR) is 100 cm³/mol. The fourth-order valence-electron chi connectivity index (χ4n) is 4.08. The number of sulfone groups is 1. The highest BCUT2D eigenvalue weighted by Gasteiger charge is 2.61. The van der Waals surface area contributed by atoms with Gasteiger partial charge in [-0.1, -0.05) is 11.6 Å². The van der Waals surface area contributed by atoms with Crippen LogP contribution in [0.3, 0.4) is 0 Å². The Hall–Kier alpha value is -2.62. The molecule has 150 valence electrons. The van der Waals surface area contributed by atoms with Gasteiger partial charge in [-0.2, -0.15) is 10.5 Å². The number of halogens is 2. The van der Waals surface area contributed by atoms with Crippen molar-refractivity contribution >= 4 is 27.3 Å². The van der Waals surface area contributed by atoms with Crippen LogP contribution in [0.25, 0.3) is 0 Å². The van der Waals surface area contributed by atoms with Crippen molar-refractivity contribution < 1.29 is 17.6 Å². The Balaban J connectivity index is 1.70. The van der Waals surface area contributed by atoms with Crippen molar-refractivity contribution in [3.63, 3.8) is 0 Å². The number of fused-ring (bicyclic) bond motifs is 1. The van der Waals surface area contributed by atoms with E-state index in [4.69, 9.17) is 11.6 Å². The second kappa shape index (κ2) is 6.45. The van der Waals surface area contributed by atoms with Gasteiger partial charge in [-0.05, 0) is 43.3 Å². The summed E-state index contributed by atoms with van der Waals surface area (Å²) >= 11 is 5.97. The van der Waals surface area contributed by atoms with E-state index in [2.05, 4.69) is 17.5 Å². The maximum absolute atomic E-state index is 13.3. The van der Waals surface area contributed by atoms with Crippen LogP contribution in [0.1, 0.15) is 19.3 Å². The molecular formula is C19H16ClFN4O3S. The number of carbonyl (C=O) groups excluding carboxylic acids is 1. The molecule has 1 amide bonds. The van der Waals surface area contributed by atoms with Gasteiger partial charge in [0, 0.05) is 13.0 Å². The molecule has 2 heterocycles. The highest BCUT2D eigenvalue weighted by molar-refractivity contribution is 7.92. The molecule has 2 aliphatic heterocycles. The van der Waals surface area contributed by atoms with Crippen molar-refractivity contribution in [2.75, 3.05) is 6.54 Å². The third-order valence-electron chi connectivity index (χ3n) is 5.91. The van der Waals surface area contributed by atoms with Gasteiger partial charge < -0.3 is 10.2 Å². The molecule has 2 fully saturated rings. The number of benzene rings is 1. The van der Waals surface area contributed by atoms with Gasteiger partial charge in [-0.25, -0.2) is 12.8 Å². The Bertz CT molecular complexity index is 1120. The Morgan fingerprint density at radius 1 is 1.34 bits per heavy atom. The predicted octanol–water partition coefficient (Wildman–Crippen LogP) is 1.91. The molecule has 29 heavy (non-hydrogen) atoms. The summed E-state index contributed by atoms with van der Waals surface area (Å²) in [6, 6.07) is 7.19. The van der Waals surface area contributed by atoms with Crippen molar-refractivity contribution in [1.29, 1.82) is 10.5 Å². The number of nitrogens with zero attached hydrogens (tertiary/aromatic N) is 3. The van der Waals surface area contributed by atoms with Crippen LogP contribution in [0.2, 0.25) is 5.02 Å². The summed E-state index contributed by atoms with van der Waals surface area (Å²) in [5, 5.41) is 20.3. The molecule has 0 aromatic heterocycles. The molecule has 0 radical (unpaired) electrons. The fourth-order valence-corrected chi connectivity index (χ4v) is 6.35. The van der Waals surface area contributed by atoms with Gasteiger partial charge in [-0.3, -0.25) is 4.79 Å². The average Bonchev–Trinajstić information content (AvgIpc) is 3.18. The van der Waals surface area contributed by atoms with Crippen LogP contribution in [0.15, 0.2) is 35.4 Å². The first-order valence-corrected chi connectivity index (χ1v) is 10.9. The van der Waals surface area contributed by atoms with Crippen LogP contribution in [0, 0.1) is 34.4 Å². The molecule has 0 bridgehead atoms. The number of nitriles is 2. The monoisotopic (exact) mass is 434 g/mol. The molecule has 7 nitrogen and oxygen atoms in total. The molecular weight excluding hydrogens is 419 g/mol. The van der Waals surface area contributed by atoms with Gasteiger partial charge in [-0.15, -0.1) is 0 Å². The molecule has 4 rings (SSSR count). The SMILES string of the molecule is N#CC1C=CN2C[C@H](S(=O)(=O)c3ccc(F)cc3Cl)C[C@@]12C(=O)NC1(C#N)CC1. The van der Waals surface area contributed by atoms with Crippen molar-refractivity contribution in [1.82, 2.24) is 10.2 Å². The molecule has 10 heteroatoms. The molecule has 1 N–H and O–H groups in total. The summed E-state index contributed by atoms with van der Waals surface area (Å²) in [5.74, 6) is -2.05. The summed E-state index contributed by atoms with van der Waals surface area (Å²) in [6.45, 7) is -0.0162. The minimum absolute atomic E-state index is 0.0162. The van der Waals surface area contributed by atoms with Crippen molar-refractivity contribution in [3.8, 4) is 12.1 Å². The molecule has 1 aromatic carbocycles. The first kappa shape index (κ1) is 19.7. The minimum atomic E-state index is -3.99. The largest absolute Gasteiger partial charge is 0.361 e. The van der Waals surface area contributed by atoms with E-state index in [1.54, 1.807) is 17.2 Å². The summed E-state index contributed by atoms with van der Waals surface area (Å²) in [4.78, 5) is 14.5. The smallest absolute Gasteiger partial charge is 0.248 e. The Morgan fingerprint density at radius 2 is 2.07 bits per heavy atom. The van der Waals surface area contributed by atoms with Gasteiger partial charge in [0.1, 0.15) is 16.9 Å². The molecule has 1 saturated heterocycles. The molecule has 1 aromatic rings. The second-order valence-corrected chi connectivity index (χ2v) is 10.2. The first-order chi connectivity index (χ1) is 13.7. The summed E-state index contributed by atoms with van der Waals surface area (Å²) in [6.07, 6.45) is 4.02. The Labute approximate surface area is 172 Å². The maximum atomic E-state index is 13.3. The molecule has 1 saturated carbocycles. The Morgan fingerprint density at radius 3 is 2.66 bits per heavy atom.